The van der Waals surface area contributed by atoms with E-state index < -0.39 is 17.5 Å². The highest BCUT2D eigenvalue weighted by atomic mass is 16.5. The molecule has 0 aliphatic carbocycles. The number of aliphatic carboxylic acids is 1. The van der Waals surface area contributed by atoms with Crippen molar-refractivity contribution in [3.8, 4) is 0 Å². The molecule has 5 nitrogen and oxygen atoms in total. The number of hydrogen-bond acceptors (Lipinski definition) is 4. The Hall–Kier alpha value is -1.78. The summed E-state index contributed by atoms with van der Waals surface area (Å²) in [5.41, 5.74) is 0. The summed E-state index contributed by atoms with van der Waals surface area (Å²) in [5.74, 6) is -2.42. The van der Waals surface area contributed by atoms with E-state index in [1.807, 2.05) is 0 Å². The van der Waals surface area contributed by atoms with Crippen molar-refractivity contribution in [3.63, 3.8) is 0 Å². The Morgan fingerprint density at radius 2 is 1.71 bits per heavy atom. The number of carboxylic acids is 1. The number of Topliss-reactive ketones (excluding diaryl/α,β-unsaturated/α-hetero) is 1. The number of carbonyl (C=O) groups is 2. The first-order chi connectivity index (χ1) is 6.63. The Morgan fingerprint density at radius 1 is 1.21 bits per heavy atom. The van der Waals surface area contributed by atoms with Gasteiger partial charge >= 0.3 is 5.97 Å². The molecule has 0 bridgehead atoms. The fourth-order valence-electron chi connectivity index (χ4n) is 0.950. The van der Waals surface area contributed by atoms with Crippen LogP contribution in [0.1, 0.15) is 6.92 Å². The molecule has 1 aliphatic heterocycles. The molecule has 0 aromatic rings. The molecular weight excluding hydrogens is 188 g/mol. The minimum atomic E-state index is -1.30. The summed E-state index contributed by atoms with van der Waals surface area (Å²) < 4.78 is 9.82. The largest absolute Gasteiger partial charge is 0.482 e. The van der Waals surface area contributed by atoms with Gasteiger partial charge in [0.25, 0.3) is 5.76 Å². The molecule has 0 saturated carbocycles. The number of ether oxygens (including phenoxy) is 2. The van der Waals surface area contributed by atoms with E-state index in [0.29, 0.717) is 0 Å². The number of hydrogen-bond donors (Lipinski definition) is 1. The SMILES string of the molecule is CC(=O)C1=C(C(=O)O)OCC=CCO1. The molecule has 5 heteroatoms. The third kappa shape index (κ3) is 2.35. The van der Waals surface area contributed by atoms with E-state index >= 15 is 0 Å². The molecule has 0 amide bonds. The summed E-state index contributed by atoms with van der Waals surface area (Å²) in [5, 5.41) is 8.74. The van der Waals surface area contributed by atoms with Crippen molar-refractivity contribution in [2.45, 2.75) is 6.92 Å². The van der Waals surface area contributed by atoms with Crippen molar-refractivity contribution in [2.75, 3.05) is 13.2 Å². The van der Waals surface area contributed by atoms with Crippen LogP contribution < -0.4 is 0 Å². The van der Waals surface area contributed by atoms with Crippen LogP contribution in [-0.2, 0) is 19.1 Å². The Labute approximate surface area is 80.6 Å². The average Bonchev–Trinajstić information content (AvgIpc) is 2.01. The molecule has 0 fully saturated rings. The fourth-order valence-corrected chi connectivity index (χ4v) is 0.950. The van der Waals surface area contributed by atoms with Crippen molar-refractivity contribution < 1.29 is 24.2 Å². The van der Waals surface area contributed by atoms with Gasteiger partial charge in [0.15, 0.2) is 5.78 Å². The molecule has 1 rings (SSSR count). The van der Waals surface area contributed by atoms with Gasteiger partial charge in [0.05, 0.1) is 0 Å². The first kappa shape index (κ1) is 10.3. The summed E-state index contributed by atoms with van der Waals surface area (Å²) in [6.07, 6.45) is 3.28. The first-order valence-electron chi connectivity index (χ1n) is 4.02. The zero-order valence-electron chi connectivity index (χ0n) is 7.65. The minimum absolute atomic E-state index is 0.127. The van der Waals surface area contributed by atoms with Gasteiger partial charge in [-0.05, 0) is 12.2 Å². The lowest BCUT2D eigenvalue weighted by Crippen LogP contribution is -2.16. The molecule has 0 aromatic heterocycles. The van der Waals surface area contributed by atoms with E-state index in [1.165, 1.54) is 6.92 Å². The number of carbonyl (C=O) groups excluding carboxylic acids is 1. The van der Waals surface area contributed by atoms with E-state index in [2.05, 4.69) is 0 Å². The summed E-state index contributed by atoms with van der Waals surface area (Å²) in [4.78, 5) is 21.7. The first-order valence-corrected chi connectivity index (χ1v) is 4.02. The Balaban J connectivity index is 3.00. The van der Waals surface area contributed by atoms with Gasteiger partial charge < -0.3 is 14.6 Å². The van der Waals surface area contributed by atoms with E-state index in [4.69, 9.17) is 14.6 Å². The van der Waals surface area contributed by atoms with Gasteiger partial charge in [0.1, 0.15) is 13.2 Å². The van der Waals surface area contributed by atoms with Gasteiger partial charge in [0, 0.05) is 6.92 Å². The molecule has 1 aliphatic rings. The monoisotopic (exact) mass is 198 g/mol. The lowest BCUT2D eigenvalue weighted by atomic mass is 10.3. The Bertz CT molecular complexity index is 283. The van der Waals surface area contributed by atoms with Gasteiger partial charge in [-0.15, -0.1) is 0 Å². The topological polar surface area (TPSA) is 72.8 Å². The maximum atomic E-state index is 11.0. The molecular formula is C9H10O5. The average molecular weight is 198 g/mol. The van der Waals surface area contributed by atoms with Crippen LogP contribution >= 0.6 is 0 Å². The van der Waals surface area contributed by atoms with Crippen LogP contribution in [0.15, 0.2) is 23.7 Å². The second kappa shape index (κ2) is 4.45. The summed E-state index contributed by atoms with van der Waals surface area (Å²) >= 11 is 0. The van der Waals surface area contributed by atoms with Crippen LogP contribution in [-0.4, -0.2) is 30.1 Å². The van der Waals surface area contributed by atoms with Gasteiger partial charge in [-0.1, -0.05) is 0 Å². The summed E-state index contributed by atoms with van der Waals surface area (Å²) in [6, 6.07) is 0. The lowest BCUT2D eigenvalue weighted by Gasteiger charge is -2.12. The van der Waals surface area contributed by atoms with Crippen LogP contribution in [0.2, 0.25) is 0 Å². The minimum Gasteiger partial charge on any atom is -0.482 e. The molecule has 0 unspecified atom stereocenters. The number of rotatable bonds is 2. The Morgan fingerprint density at radius 3 is 2.14 bits per heavy atom. The van der Waals surface area contributed by atoms with Crippen LogP contribution in [0.3, 0.4) is 0 Å². The van der Waals surface area contributed by atoms with E-state index in [1.54, 1.807) is 12.2 Å². The number of allylic oxidation sites excluding steroid dienone is 1. The number of ketones is 1. The molecule has 1 N–H and O–H groups in total. The third-order valence-electron chi connectivity index (χ3n) is 1.53. The van der Waals surface area contributed by atoms with Crippen LogP contribution in [0.4, 0.5) is 0 Å². The predicted octanol–water partition coefficient (Wildman–Crippen LogP) is 0.475. The summed E-state index contributed by atoms with van der Waals surface area (Å²) in [6.45, 7) is 1.53. The molecule has 0 saturated heterocycles. The van der Waals surface area contributed by atoms with Crippen molar-refractivity contribution in [3.05, 3.63) is 23.7 Å². The quantitative estimate of drug-likeness (QED) is 0.653. The van der Waals surface area contributed by atoms with Crippen molar-refractivity contribution in [2.24, 2.45) is 0 Å². The predicted molar refractivity (Wildman–Crippen MR) is 46.4 cm³/mol. The maximum absolute atomic E-state index is 11.0. The highest BCUT2D eigenvalue weighted by Gasteiger charge is 2.21. The third-order valence-corrected chi connectivity index (χ3v) is 1.53. The molecule has 1 heterocycles. The number of carboxylic acid groups (broad SMARTS) is 1. The van der Waals surface area contributed by atoms with Gasteiger partial charge in [-0.3, -0.25) is 4.79 Å². The molecule has 0 spiro atoms. The van der Waals surface area contributed by atoms with Crippen molar-refractivity contribution >= 4 is 11.8 Å². The van der Waals surface area contributed by atoms with Crippen molar-refractivity contribution in [1.29, 1.82) is 0 Å². The zero-order chi connectivity index (χ0) is 10.6. The van der Waals surface area contributed by atoms with Gasteiger partial charge in [-0.25, -0.2) is 4.79 Å². The van der Waals surface area contributed by atoms with Crippen LogP contribution in [0.5, 0.6) is 0 Å². The molecule has 76 valence electrons. The van der Waals surface area contributed by atoms with E-state index in [-0.39, 0.29) is 19.0 Å². The normalized spacial score (nSPS) is 16.4. The van der Waals surface area contributed by atoms with Crippen molar-refractivity contribution in [1.82, 2.24) is 0 Å². The zero-order valence-corrected chi connectivity index (χ0v) is 7.65. The smallest absolute Gasteiger partial charge is 0.375 e. The summed E-state index contributed by atoms with van der Waals surface area (Å²) in [7, 11) is 0. The second-order valence-corrected chi connectivity index (χ2v) is 2.61. The van der Waals surface area contributed by atoms with Gasteiger partial charge in [-0.2, -0.15) is 0 Å². The van der Waals surface area contributed by atoms with Gasteiger partial charge in [0.2, 0.25) is 5.76 Å². The lowest BCUT2D eigenvalue weighted by molar-refractivity contribution is -0.137. The highest BCUT2D eigenvalue weighted by Crippen LogP contribution is 2.12. The molecule has 0 aromatic carbocycles. The standard InChI is InChI=1S/C9H10O5/c1-6(10)7-8(9(11)12)14-5-3-2-4-13-7/h2-3H,4-5H2,1H3,(H,11,12). The fraction of sp³-hybridized carbons (Fsp3) is 0.333. The van der Waals surface area contributed by atoms with E-state index in [9.17, 15) is 9.59 Å². The van der Waals surface area contributed by atoms with E-state index in [0.717, 1.165) is 0 Å². The maximum Gasteiger partial charge on any atom is 0.375 e. The van der Waals surface area contributed by atoms with Crippen LogP contribution in [0, 0.1) is 0 Å². The Kier molecular flexibility index (Phi) is 3.28. The molecule has 0 atom stereocenters. The van der Waals surface area contributed by atoms with Crippen LogP contribution in [0.25, 0.3) is 0 Å². The second-order valence-electron chi connectivity index (χ2n) is 2.61. The molecule has 14 heavy (non-hydrogen) atoms. The highest BCUT2D eigenvalue weighted by molar-refractivity contribution is 5.99. The molecule has 0 radical (unpaired) electrons.